The molecule has 4 aliphatic heterocycles. The summed E-state index contributed by atoms with van der Waals surface area (Å²) in [4.78, 5) is 29.7. The molecule has 4 heterocycles. The highest BCUT2D eigenvalue weighted by molar-refractivity contribution is 5.86. The van der Waals surface area contributed by atoms with E-state index in [2.05, 4.69) is 30.0 Å². The summed E-state index contributed by atoms with van der Waals surface area (Å²) in [7, 11) is 0. The lowest BCUT2D eigenvalue weighted by molar-refractivity contribution is -0.216. The molecule has 8 nitrogen and oxygen atoms in total. The Morgan fingerprint density at radius 2 is 1.85 bits per heavy atom. The molecule has 0 saturated carbocycles. The van der Waals surface area contributed by atoms with Crippen molar-refractivity contribution in [3.63, 3.8) is 0 Å². The van der Waals surface area contributed by atoms with Gasteiger partial charge < -0.3 is 23.7 Å². The number of hydrogen-bond donors (Lipinski definition) is 0. The fraction of sp³-hybridized carbons (Fsp3) is 0.677. The number of nitrogens with zero attached hydrogens (tertiary/aromatic N) is 1. The smallest absolute Gasteiger partial charge is 0.339 e. The topological polar surface area (TPSA) is 83.5 Å². The van der Waals surface area contributed by atoms with E-state index < -0.39 is 29.2 Å². The molecular weight excluding hydrogens is 498 g/mol. The predicted molar refractivity (Wildman–Crippen MR) is 144 cm³/mol. The van der Waals surface area contributed by atoms with Crippen LogP contribution in [-0.2, 0) is 30.2 Å². The summed E-state index contributed by atoms with van der Waals surface area (Å²) >= 11 is 0. The number of carbonyl (C=O) groups excluding carboxylic acids is 2. The second kappa shape index (κ2) is 9.51. The van der Waals surface area contributed by atoms with Crippen molar-refractivity contribution >= 4 is 11.9 Å². The quantitative estimate of drug-likeness (QED) is 0.389. The zero-order valence-corrected chi connectivity index (χ0v) is 23.8. The fourth-order valence-electron chi connectivity index (χ4n) is 7.73. The first-order valence-electron chi connectivity index (χ1n) is 14.5. The van der Waals surface area contributed by atoms with Gasteiger partial charge in [0.25, 0.3) is 0 Å². The molecule has 2 saturated heterocycles. The zero-order chi connectivity index (χ0) is 27.6. The van der Waals surface area contributed by atoms with Crippen LogP contribution in [0.25, 0.3) is 0 Å². The van der Waals surface area contributed by atoms with Crippen molar-refractivity contribution in [2.24, 2.45) is 0 Å². The fourth-order valence-corrected chi connectivity index (χ4v) is 7.73. The van der Waals surface area contributed by atoms with E-state index in [1.54, 1.807) is 0 Å². The van der Waals surface area contributed by atoms with Crippen molar-refractivity contribution in [3.05, 3.63) is 34.9 Å². The number of rotatable bonds is 5. The van der Waals surface area contributed by atoms with Gasteiger partial charge in [-0.2, -0.15) is 0 Å². The summed E-state index contributed by atoms with van der Waals surface area (Å²) in [6.45, 7) is 11.8. The highest BCUT2D eigenvalue weighted by atomic mass is 16.7. The third-order valence-electron chi connectivity index (χ3n) is 9.22. The maximum absolute atomic E-state index is 14.2. The summed E-state index contributed by atoms with van der Waals surface area (Å²) in [5, 5.41) is 0. The molecule has 1 unspecified atom stereocenters. The molecule has 5 aliphatic rings. The molecule has 0 N–H and O–H groups in total. The van der Waals surface area contributed by atoms with Gasteiger partial charge in [0, 0.05) is 12.5 Å². The molecule has 39 heavy (non-hydrogen) atoms. The Morgan fingerprint density at radius 3 is 2.59 bits per heavy atom. The van der Waals surface area contributed by atoms with Crippen molar-refractivity contribution in [1.29, 1.82) is 0 Å². The Labute approximate surface area is 230 Å². The molecule has 0 radical (unpaired) electrons. The van der Waals surface area contributed by atoms with Gasteiger partial charge in [-0.3, -0.25) is 9.69 Å². The van der Waals surface area contributed by atoms with E-state index in [0.717, 1.165) is 67.8 Å². The molecule has 212 valence electrons. The normalized spacial score (nSPS) is 32.6. The SMILES string of the molecule is CC1=C[C@]23CCCN2CCc2cc4c(cc2[C@@H]3C1OC(=O)[C@]1(CC(=O)OC(C)C)CCCC(C)(C)O1)OCO4. The Bertz CT molecular complexity index is 1210. The van der Waals surface area contributed by atoms with E-state index >= 15 is 0 Å². The van der Waals surface area contributed by atoms with E-state index in [-0.39, 0.29) is 30.8 Å². The van der Waals surface area contributed by atoms with Gasteiger partial charge >= 0.3 is 11.9 Å². The monoisotopic (exact) mass is 539 g/mol. The summed E-state index contributed by atoms with van der Waals surface area (Å²) < 4.78 is 29.9. The number of benzene rings is 1. The minimum Gasteiger partial charge on any atom is -0.463 e. The number of esters is 2. The van der Waals surface area contributed by atoms with Gasteiger partial charge in [0.2, 0.25) is 6.79 Å². The molecule has 1 aliphatic carbocycles. The highest BCUT2D eigenvalue weighted by Gasteiger charge is 2.58. The molecule has 0 aromatic heterocycles. The van der Waals surface area contributed by atoms with Gasteiger partial charge in [0.05, 0.1) is 23.7 Å². The van der Waals surface area contributed by atoms with E-state index in [1.165, 1.54) is 5.56 Å². The van der Waals surface area contributed by atoms with Crippen LogP contribution in [0.3, 0.4) is 0 Å². The highest BCUT2D eigenvalue weighted by Crippen LogP contribution is 2.56. The van der Waals surface area contributed by atoms with E-state index in [1.807, 2.05) is 27.7 Å². The zero-order valence-electron chi connectivity index (χ0n) is 23.8. The van der Waals surface area contributed by atoms with Crippen LogP contribution < -0.4 is 9.47 Å². The van der Waals surface area contributed by atoms with Crippen LogP contribution in [0.2, 0.25) is 0 Å². The van der Waals surface area contributed by atoms with Crippen LogP contribution in [0.5, 0.6) is 11.5 Å². The van der Waals surface area contributed by atoms with Crippen LogP contribution >= 0.6 is 0 Å². The summed E-state index contributed by atoms with van der Waals surface area (Å²) in [5.74, 6) is 0.537. The Morgan fingerprint density at radius 1 is 1.08 bits per heavy atom. The average molecular weight is 540 g/mol. The molecule has 0 amide bonds. The van der Waals surface area contributed by atoms with Crippen LogP contribution in [0.1, 0.15) is 90.2 Å². The summed E-state index contributed by atoms with van der Waals surface area (Å²) in [6, 6.07) is 4.21. The van der Waals surface area contributed by atoms with Gasteiger partial charge in [-0.15, -0.1) is 0 Å². The van der Waals surface area contributed by atoms with Gasteiger partial charge in [-0.1, -0.05) is 6.08 Å². The largest absolute Gasteiger partial charge is 0.463 e. The number of fused-ring (bicyclic) bond motifs is 3. The molecule has 2 fully saturated rings. The molecule has 8 heteroatoms. The number of hydrogen-bond acceptors (Lipinski definition) is 8. The van der Waals surface area contributed by atoms with Crippen LogP contribution in [0.15, 0.2) is 23.8 Å². The van der Waals surface area contributed by atoms with Crippen LogP contribution in [0, 0.1) is 0 Å². The first-order valence-corrected chi connectivity index (χ1v) is 14.5. The molecule has 0 bridgehead atoms. The lowest BCUT2D eigenvalue weighted by Crippen LogP contribution is -2.54. The Kier molecular flexibility index (Phi) is 6.50. The van der Waals surface area contributed by atoms with Crippen molar-refractivity contribution in [2.75, 3.05) is 19.9 Å². The lowest BCUT2D eigenvalue weighted by atomic mass is 9.77. The Balaban J connectivity index is 1.37. The minimum atomic E-state index is -1.37. The van der Waals surface area contributed by atoms with Gasteiger partial charge in [-0.25, -0.2) is 4.79 Å². The van der Waals surface area contributed by atoms with Gasteiger partial charge in [0.1, 0.15) is 6.10 Å². The molecule has 4 atom stereocenters. The maximum Gasteiger partial charge on any atom is 0.339 e. The van der Waals surface area contributed by atoms with Gasteiger partial charge in [-0.05, 0) is 109 Å². The van der Waals surface area contributed by atoms with Gasteiger partial charge in [0.15, 0.2) is 17.1 Å². The standard InChI is InChI=1S/C31H41NO7/c1-19(2)37-25(33)17-31(11-6-9-29(4,5)39-31)28(34)38-27-20(3)16-30-10-7-12-32(30)13-8-21-14-23-24(36-18-35-23)15-22(21)26(27)30/h14-16,19,26-27H,6-13,17-18H2,1-5H3/t26-,27?,30+,31-/m1/s1. The molecule has 1 aromatic rings. The van der Waals surface area contributed by atoms with E-state index in [9.17, 15) is 9.59 Å². The average Bonchev–Trinajstić information content (AvgIpc) is 3.51. The van der Waals surface area contributed by atoms with E-state index in [4.69, 9.17) is 23.7 Å². The van der Waals surface area contributed by atoms with Crippen molar-refractivity contribution < 1.29 is 33.3 Å². The van der Waals surface area contributed by atoms with Crippen molar-refractivity contribution in [3.8, 4) is 11.5 Å². The minimum absolute atomic E-state index is 0.0767. The molecular formula is C31H41NO7. The second-order valence-electron chi connectivity index (χ2n) is 12.9. The first kappa shape index (κ1) is 26.6. The van der Waals surface area contributed by atoms with Crippen LogP contribution in [0.4, 0.5) is 0 Å². The molecule has 1 spiro atoms. The molecule has 1 aromatic carbocycles. The number of carbonyl (C=O) groups is 2. The second-order valence-corrected chi connectivity index (χ2v) is 12.9. The first-order chi connectivity index (χ1) is 18.5. The predicted octanol–water partition coefficient (Wildman–Crippen LogP) is 4.82. The van der Waals surface area contributed by atoms with Crippen molar-refractivity contribution in [2.45, 2.75) is 114 Å². The van der Waals surface area contributed by atoms with Crippen molar-refractivity contribution in [1.82, 2.24) is 4.90 Å². The summed E-state index contributed by atoms with van der Waals surface area (Å²) in [5.41, 5.74) is 1.28. The third kappa shape index (κ3) is 4.53. The third-order valence-corrected chi connectivity index (χ3v) is 9.22. The molecule has 6 rings (SSSR count). The number of ether oxygens (including phenoxy) is 5. The van der Waals surface area contributed by atoms with E-state index in [0.29, 0.717) is 6.42 Å². The summed E-state index contributed by atoms with van der Waals surface area (Å²) in [6.07, 6.45) is 6.46. The Hall–Kier alpha value is -2.58. The van der Waals surface area contributed by atoms with Crippen LogP contribution in [-0.4, -0.2) is 65.7 Å². The lowest BCUT2D eigenvalue weighted by Gasteiger charge is -2.44. The maximum atomic E-state index is 14.2.